The Morgan fingerprint density at radius 2 is 1.80 bits per heavy atom. The van der Waals surface area contributed by atoms with E-state index < -0.39 is 10.0 Å². The van der Waals surface area contributed by atoms with Crippen LogP contribution in [0.3, 0.4) is 0 Å². The van der Waals surface area contributed by atoms with Gasteiger partial charge in [0.1, 0.15) is 5.82 Å². The molecule has 2 N–H and O–H groups in total. The van der Waals surface area contributed by atoms with Gasteiger partial charge >= 0.3 is 0 Å². The number of hydrogen-bond donors (Lipinski definition) is 2. The Kier molecular flexibility index (Phi) is 5.99. The second kappa shape index (κ2) is 7.81. The maximum Gasteiger partial charge on any atom is 0.229 e. The van der Waals surface area contributed by atoms with Gasteiger partial charge in [-0.1, -0.05) is 18.2 Å². The molecule has 6 nitrogen and oxygen atoms in total. The first-order valence-corrected chi connectivity index (χ1v) is 9.85. The van der Waals surface area contributed by atoms with E-state index in [9.17, 15) is 8.42 Å². The summed E-state index contributed by atoms with van der Waals surface area (Å²) < 4.78 is 24.9. The lowest BCUT2D eigenvalue weighted by Crippen LogP contribution is -2.09. The molecule has 0 fully saturated rings. The summed E-state index contributed by atoms with van der Waals surface area (Å²) in [7, 11) is -3.27. The minimum Gasteiger partial charge on any atom is -0.316 e. The average Bonchev–Trinajstić information content (AvgIpc) is 2.88. The summed E-state index contributed by atoms with van der Waals surface area (Å²) in [6.07, 6.45) is 2.85. The van der Waals surface area contributed by atoms with Crippen LogP contribution in [-0.2, 0) is 10.0 Å². The summed E-state index contributed by atoms with van der Waals surface area (Å²) in [6, 6.07) is 12.8. The van der Waals surface area contributed by atoms with Crippen LogP contribution in [0.25, 0.3) is 11.3 Å². The second-order valence-corrected chi connectivity index (χ2v) is 8.17. The van der Waals surface area contributed by atoms with Crippen molar-refractivity contribution in [3.63, 3.8) is 0 Å². The number of aryl methyl sites for hydroxylation is 1. The zero-order valence-electron chi connectivity index (χ0n) is 13.6. The van der Waals surface area contributed by atoms with E-state index in [0.29, 0.717) is 5.69 Å². The molecule has 0 amide bonds. The molecule has 0 atom stereocenters. The number of aromatic nitrogens is 2. The van der Waals surface area contributed by atoms with E-state index in [4.69, 9.17) is 0 Å². The van der Waals surface area contributed by atoms with Crippen LogP contribution >= 0.6 is 23.7 Å². The predicted octanol–water partition coefficient (Wildman–Crippen LogP) is 4.05. The van der Waals surface area contributed by atoms with Crippen LogP contribution in [-0.4, -0.2) is 24.6 Å². The van der Waals surface area contributed by atoms with Crippen LogP contribution in [0.2, 0.25) is 0 Å². The summed E-state index contributed by atoms with van der Waals surface area (Å²) in [5, 5.41) is 3.95. The smallest absolute Gasteiger partial charge is 0.229 e. The van der Waals surface area contributed by atoms with Crippen molar-refractivity contribution in [2.45, 2.75) is 6.92 Å². The molecule has 0 aliphatic carbocycles. The van der Waals surface area contributed by atoms with Gasteiger partial charge < -0.3 is 5.32 Å². The summed E-state index contributed by atoms with van der Waals surface area (Å²) in [6.45, 7) is 2.00. The molecule has 0 aliphatic rings. The lowest BCUT2D eigenvalue weighted by molar-refractivity contribution is 0.607. The highest BCUT2D eigenvalue weighted by molar-refractivity contribution is 7.92. The minimum atomic E-state index is -3.27. The van der Waals surface area contributed by atoms with E-state index in [0.717, 1.165) is 33.3 Å². The van der Waals surface area contributed by atoms with Crippen LogP contribution in [0, 0.1) is 6.92 Å². The fourth-order valence-corrected chi connectivity index (χ4v) is 3.58. The van der Waals surface area contributed by atoms with Gasteiger partial charge in [0.2, 0.25) is 10.0 Å². The zero-order chi connectivity index (χ0) is 17.2. The van der Waals surface area contributed by atoms with Crippen molar-refractivity contribution >= 4 is 50.4 Å². The molecule has 0 bridgehead atoms. The van der Waals surface area contributed by atoms with Gasteiger partial charge in [-0.2, -0.15) is 0 Å². The number of thiazole rings is 1. The van der Waals surface area contributed by atoms with Crippen molar-refractivity contribution in [3.8, 4) is 11.3 Å². The first kappa shape index (κ1) is 19.2. The van der Waals surface area contributed by atoms with E-state index in [1.165, 1.54) is 0 Å². The predicted molar refractivity (Wildman–Crippen MR) is 106 cm³/mol. The quantitative estimate of drug-likeness (QED) is 0.679. The topological polar surface area (TPSA) is 84.0 Å². The largest absolute Gasteiger partial charge is 0.316 e. The van der Waals surface area contributed by atoms with Crippen molar-refractivity contribution < 1.29 is 8.42 Å². The fourth-order valence-electron chi connectivity index (χ4n) is 2.17. The number of nitrogens with zero attached hydrogens (tertiary/aromatic N) is 2. The molecular formula is C16H17ClN4O2S2. The van der Waals surface area contributed by atoms with Gasteiger partial charge in [0.05, 0.1) is 11.9 Å². The molecule has 0 unspecified atom stereocenters. The van der Waals surface area contributed by atoms with Gasteiger partial charge in [0.15, 0.2) is 5.13 Å². The molecule has 0 radical (unpaired) electrons. The number of anilines is 3. The molecule has 2 heterocycles. The van der Waals surface area contributed by atoms with E-state index in [-0.39, 0.29) is 12.4 Å². The number of nitrogens with one attached hydrogen (secondary N) is 2. The van der Waals surface area contributed by atoms with E-state index >= 15 is 0 Å². The number of benzene rings is 1. The van der Waals surface area contributed by atoms with Crippen molar-refractivity contribution in [1.82, 2.24) is 9.97 Å². The molecule has 0 saturated carbocycles. The first-order valence-electron chi connectivity index (χ1n) is 7.14. The monoisotopic (exact) mass is 396 g/mol. The van der Waals surface area contributed by atoms with Crippen molar-refractivity contribution in [1.29, 1.82) is 0 Å². The molecule has 0 aliphatic heterocycles. The van der Waals surface area contributed by atoms with Crippen LogP contribution in [0.4, 0.5) is 16.6 Å². The van der Waals surface area contributed by atoms with Gasteiger partial charge in [-0.15, -0.1) is 23.7 Å². The first-order chi connectivity index (χ1) is 11.4. The molecule has 3 aromatic rings. The van der Waals surface area contributed by atoms with Crippen LogP contribution in [0.15, 0.2) is 48.7 Å². The Balaban J connectivity index is 0.00000225. The maximum atomic E-state index is 11.3. The summed E-state index contributed by atoms with van der Waals surface area (Å²) >= 11 is 1.54. The molecule has 9 heteroatoms. The molecular weight excluding hydrogens is 380 g/mol. The van der Waals surface area contributed by atoms with Gasteiger partial charge in [0, 0.05) is 22.3 Å². The zero-order valence-corrected chi connectivity index (χ0v) is 16.0. The Labute approximate surface area is 156 Å². The van der Waals surface area contributed by atoms with Gasteiger partial charge in [-0.3, -0.25) is 4.72 Å². The van der Waals surface area contributed by atoms with Crippen molar-refractivity contribution in [2.75, 3.05) is 16.3 Å². The SMILES string of the molecule is Cc1sc(Nc2ccccn2)nc1-c1ccc(NS(C)(=O)=O)cc1.Cl. The van der Waals surface area contributed by atoms with Crippen LogP contribution < -0.4 is 10.0 Å². The molecule has 25 heavy (non-hydrogen) atoms. The standard InChI is InChI=1S/C16H16N4O2S2.ClH/c1-11-15(12-6-8-13(9-7-12)20-24(2,21)22)19-16(23-11)18-14-5-3-4-10-17-14;/h3-10,20H,1-2H3,(H,17,18,19);1H. The molecule has 1 aromatic carbocycles. The lowest BCUT2D eigenvalue weighted by Gasteiger charge is -2.05. The minimum absolute atomic E-state index is 0. The fraction of sp³-hybridized carbons (Fsp3) is 0.125. The number of sulfonamides is 1. The van der Waals surface area contributed by atoms with Gasteiger partial charge in [0.25, 0.3) is 0 Å². The molecule has 0 saturated heterocycles. The number of hydrogen-bond acceptors (Lipinski definition) is 6. The second-order valence-electron chi connectivity index (χ2n) is 5.22. The van der Waals surface area contributed by atoms with E-state index in [2.05, 4.69) is 20.0 Å². The number of pyridine rings is 1. The molecule has 0 spiro atoms. The summed E-state index contributed by atoms with van der Waals surface area (Å²) in [4.78, 5) is 9.90. The third-order valence-electron chi connectivity index (χ3n) is 3.16. The van der Waals surface area contributed by atoms with Gasteiger partial charge in [-0.05, 0) is 31.2 Å². The Bertz CT molecular complexity index is 942. The average molecular weight is 397 g/mol. The lowest BCUT2D eigenvalue weighted by atomic mass is 10.1. The maximum absolute atomic E-state index is 11.3. The molecule has 2 aromatic heterocycles. The Morgan fingerprint density at radius 1 is 1.08 bits per heavy atom. The highest BCUT2D eigenvalue weighted by atomic mass is 35.5. The van der Waals surface area contributed by atoms with E-state index in [1.807, 2.05) is 37.3 Å². The molecule has 132 valence electrons. The van der Waals surface area contributed by atoms with Gasteiger partial charge in [-0.25, -0.2) is 18.4 Å². The number of rotatable bonds is 5. The Hall–Kier alpha value is -2.16. The third-order valence-corrected chi connectivity index (χ3v) is 4.65. The van der Waals surface area contributed by atoms with Crippen molar-refractivity contribution in [2.24, 2.45) is 0 Å². The summed E-state index contributed by atoms with van der Waals surface area (Å²) in [5.41, 5.74) is 2.32. The van der Waals surface area contributed by atoms with E-state index in [1.54, 1.807) is 29.7 Å². The highest BCUT2D eigenvalue weighted by Gasteiger charge is 2.11. The Morgan fingerprint density at radius 3 is 2.40 bits per heavy atom. The van der Waals surface area contributed by atoms with Crippen LogP contribution in [0.5, 0.6) is 0 Å². The van der Waals surface area contributed by atoms with Crippen molar-refractivity contribution in [3.05, 3.63) is 53.5 Å². The summed E-state index contributed by atoms with van der Waals surface area (Å²) in [5.74, 6) is 0.741. The van der Waals surface area contributed by atoms with Crippen LogP contribution in [0.1, 0.15) is 4.88 Å². The third kappa shape index (κ3) is 5.15. The normalized spacial score (nSPS) is 10.8. The number of halogens is 1. The molecule has 3 rings (SSSR count). The highest BCUT2D eigenvalue weighted by Crippen LogP contribution is 2.32.